The van der Waals surface area contributed by atoms with Crippen LogP contribution in [0.3, 0.4) is 0 Å². The average Bonchev–Trinajstić information content (AvgIpc) is 2.29. The highest BCUT2D eigenvalue weighted by Crippen LogP contribution is 2.14. The van der Waals surface area contributed by atoms with Crippen molar-refractivity contribution in [2.45, 2.75) is 39.5 Å². The molecule has 86 valence electrons. The van der Waals surface area contributed by atoms with Gasteiger partial charge in [-0.05, 0) is 49.1 Å². The molecule has 2 nitrogen and oxygen atoms in total. The van der Waals surface area contributed by atoms with E-state index in [1.54, 1.807) is 19.3 Å². The zero-order valence-electron chi connectivity index (χ0n) is 10.1. The summed E-state index contributed by atoms with van der Waals surface area (Å²) >= 11 is 0. The summed E-state index contributed by atoms with van der Waals surface area (Å²) in [5.41, 5.74) is 1.97. The van der Waals surface area contributed by atoms with Gasteiger partial charge in [0.25, 0.3) is 0 Å². The maximum atomic E-state index is 11.5. The van der Waals surface area contributed by atoms with Crippen LogP contribution in [0.1, 0.15) is 45.1 Å². The first-order valence-electron chi connectivity index (χ1n) is 5.85. The van der Waals surface area contributed by atoms with E-state index in [1.165, 1.54) is 12.8 Å². The van der Waals surface area contributed by atoms with Gasteiger partial charge in [0.15, 0.2) is 5.78 Å². The predicted molar refractivity (Wildman–Crippen MR) is 67.0 cm³/mol. The minimum atomic E-state index is 0.174. The third-order valence-corrected chi connectivity index (χ3v) is 2.55. The molecule has 0 radical (unpaired) electrons. The molecule has 1 rings (SSSR count). The highest BCUT2D eigenvalue weighted by Gasteiger charge is 2.03. The number of aromatic nitrogens is 1. The van der Waals surface area contributed by atoms with Crippen LogP contribution >= 0.6 is 0 Å². The molecular weight excluding hydrogens is 198 g/mol. The zero-order chi connectivity index (χ0) is 11.8. The van der Waals surface area contributed by atoms with Gasteiger partial charge in [0, 0.05) is 12.4 Å². The van der Waals surface area contributed by atoms with Crippen LogP contribution in [0.15, 0.2) is 30.1 Å². The average molecular weight is 217 g/mol. The molecule has 0 aliphatic rings. The molecule has 0 fully saturated rings. The van der Waals surface area contributed by atoms with Gasteiger partial charge >= 0.3 is 0 Å². The number of Topliss-reactive ketones (excluding diaryl/α,β-unsaturated/α-hetero) is 1. The summed E-state index contributed by atoms with van der Waals surface area (Å²) in [6.07, 6.45) is 9.80. The van der Waals surface area contributed by atoms with E-state index >= 15 is 0 Å². The van der Waals surface area contributed by atoms with Crippen molar-refractivity contribution in [2.24, 2.45) is 0 Å². The molecule has 0 unspecified atom stereocenters. The summed E-state index contributed by atoms with van der Waals surface area (Å²) < 4.78 is 0. The normalized spacial score (nSPS) is 11.5. The van der Waals surface area contributed by atoms with E-state index < -0.39 is 0 Å². The van der Waals surface area contributed by atoms with Crippen molar-refractivity contribution in [3.8, 4) is 0 Å². The largest absolute Gasteiger partial charge is 0.295 e. The van der Waals surface area contributed by atoms with Gasteiger partial charge in [0.05, 0.1) is 0 Å². The van der Waals surface area contributed by atoms with Crippen molar-refractivity contribution in [3.63, 3.8) is 0 Å². The quantitative estimate of drug-likeness (QED) is 0.538. The summed E-state index contributed by atoms with van der Waals surface area (Å²) in [7, 11) is 0. The number of rotatable bonds is 6. The van der Waals surface area contributed by atoms with E-state index in [1.807, 2.05) is 18.2 Å². The Hall–Kier alpha value is -1.44. The van der Waals surface area contributed by atoms with Gasteiger partial charge in [-0.15, -0.1) is 0 Å². The number of hydrogen-bond acceptors (Lipinski definition) is 2. The smallest absolute Gasteiger partial charge is 0.155 e. The molecule has 0 saturated heterocycles. The van der Waals surface area contributed by atoms with E-state index in [-0.39, 0.29) is 5.78 Å². The topological polar surface area (TPSA) is 30.0 Å². The lowest BCUT2D eigenvalue weighted by Crippen LogP contribution is -1.96. The Morgan fingerprint density at radius 1 is 1.31 bits per heavy atom. The van der Waals surface area contributed by atoms with Gasteiger partial charge < -0.3 is 0 Å². The summed E-state index contributed by atoms with van der Waals surface area (Å²) in [5, 5.41) is 0. The maximum absolute atomic E-state index is 11.5. The number of hydrogen-bond donors (Lipinski definition) is 0. The molecular formula is C14H19NO. The first-order valence-corrected chi connectivity index (χ1v) is 5.85. The third-order valence-electron chi connectivity index (χ3n) is 2.55. The lowest BCUT2D eigenvalue weighted by Gasteiger charge is -2.03. The molecule has 0 saturated carbocycles. The number of carbonyl (C=O) groups excluding carboxylic acids is 1. The monoisotopic (exact) mass is 217 g/mol. The van der Waals surface area contributed by atoms with E-state index in [9.17, 15) is 4.79 Å². The van der Waals surface area contributed by atoms with Crippen LogP contribution in [0.5, 0.6) is 0 Å². The Bertz CT molecular complexity index is 354. The highest BCUT2D eigenvalue weighted by atomic mass is 16.1. The Balaban J connectivity index is 2.70. The van der Waals surface area contributed by atoms with Crippen molar-refractivity contribution in [3.05, 3.63) is 35.7 Å². The van der Waals surface area contributed by atoms with Crippen LogP contribution in [0.4, 0.5) is 0 Å². The molecule has 16 heavy (non-hydrogen) atoms. The van der Waals surface area contributed by atoms with Gasteiger partial charge in [-0.3, -0.25) is 9.78 Å². The lowest BCUT2D eigenvalue weighted by atomic mass is 10.0. The number of ketones is 1. The Labute approximate surface area is 97.4 Å². The Morgan fingerprint density at radius 3 is 2.56 bits per heavy atom. The number of allylic oxidation sites excluding steroid dienone is 1. The highest BCUT2D eigenvalue weighted by molar-refractivity contribution is 5.97. The van der Waals surface area contributed by atoms with Gasteiger partial charge in [-0.25, -0.2) is 0 Å². The SMILES string of the molecule is CCCCCC(=Cc1ccncc1)C(C)=O. The molecule has 0 spiro atoms. The molecule has 0 bridgehead atoms. The second-order valence-corrected chi connectivity index (χ2v) is 3.96. The summed E-state index contributed by atoms with van der Waals surface area (Å²) in [4.78, 5) is 15.4. The molecule has 2 heteroatoms. The van der Waals surface area contributed by atoms with E-state index in [4.69, 9.17) is 0 Å². The molecule has 0 aromatic carbocycles. The van der Waals surface area contributed by atoms with E-state index in [2.05, 4.69) is 11.9 Å². The molecule has 1 heterocycles. The molecule has 1 aromatic heterocycles. The van der Waals surface area contributed by atoms with Crippen LogP contribution in [-0.2, 0) is 4.79 Å². The summed E-state index contributed by atoms with van der Waals surface area (Å²) in [6, 6.07) is 3.84. The van der Waals surface area contributed by atoms with Gasteiger partial charge in [-0.2, -0.15) is 0 Å². The van der Waals surface area contributed by atoms with Crippen LogP contribution in [0, 0.1) is 0 Å². The molecule has 0 N–H and O–H groups in total. The summed E-state index contributed by atoms with van der Waals surface area (Å²) in [6.45, 7) is 3.80. The molecule has 0 aliphatic carbocycles. The first kappa shape index (κ1) is 12.6. The fraction of sp³-hybridized carbons (Fsp3) is 0.429. The minimum Gasteiger partial charge on any atom is -0.295 e. The van der Waals surface area contributed by atoms with Crippen molar-refractivity contribution in [1.82, 2.24) is 4.98 Å². The number of unbranched alkanes of at least 4 members (excludes halogenated alkanes) is 2. The van der Waals surface area contributed by atoms with Crippen LogP contribution in [0.2, 0.25) is 0 Å². The van der Waals surface area contributed by atoms with Crippen molar-refractivity contribution < 1.29 is 4.79 Å². The van der Waals surface area contributed by atoms with E-state index in [0.717, 1.165) is 24.0 Å². The standard InChI is InChI=1S/C14H19NO/c1-3-4-5-6-14(12(2)16)11-13-7-9-15-10-8-13/h7-11H,3-6H2,1-2H3. The minimum absolute atomic E-state index is 0.174. The van der Waals surface area contributed by atoms with Crippen LogP contribution in [0.25, 0.3) is 6.08 Å². The van der Waals surface area contributed by atoms with Gasteiger partial charge in [0.1, 0.15) is 0 Å². The van der Waals surface area contributed by atoms with Crippen LogP contribution in [-0.4, -0.2) is 10.8 Å². The molecule has 0 aliphatic heterocycles. The predicted octanol–water partition coefficient (Wildman–Crippen LogP) is 3.63. The second kappa shape index (κ2) is 6.94. The molecule has 1 aromatic rings. The Kier molecular flexibility index (Phi) is 5.48. The van der Waals surface area contributed by atoms with Crippen molar-refractivity contribution >= 4 is 11.9 Å². The van der Waals surface area contributed by atoms with Crippen molar-refractivity contribution in [1.29, 1.82) is 0 Å². The van der Waals surface area contributed by atoms with Gasteiger partial charge in [-0.1, -0.05) is 19.8 Å². The molecule has 0 atom stereocenters. The van der Waals surface area contributed by atoms with Gasteiger partial charge in [0.2, 0.25) is 0 Å². The maximum Gasteiger partial charge on any atom is 0.155 e. The number of nitrogens with zero attached hydrogens (tertiary/aromatic N) is 1. The zero-order valence-corrected chi connectivity index (χ0v) is 10.1. The fourth-order valence-electron chi connectivity index (χ4n) is 1.58. The summed E-state index contributed by atoms with van der Waals surface area (Å²) in [5.74, 6) is 0.174. The fourth-order valence-corrected chi connectivity index (χ4v) is 1.58. The van der Waals surface area contributed by atoms with Crippen molar-refractivity contribution in [2.75, 3.05) is 0 Å². The van der Waals surface area contributed by atoms with E-state index in [0.29, 0.717) is 0 Å². The number of pyridine rings is 1. The first-order chi connectivity index (χ1) is 7.74. The third kappa shape index (κ3) is 4.39. The second-order valence-electron chi connectivity index (χ2n) is 3.96. The lowest BCUT2D eigenvalue weighted by molar-refractivity contribution is -0.113. The number of carbonyl (C=O) groups is 1. The Morgan fingerprint density at radius 2 is 2.00 bits per heavy atom. The molecule has 0 amide bonds. The van der Waals surface area contributed by atoms with Crippen LogP contribution < -0.4 is 0 Å².